The fraction of sp³-hybridized carbons (Fsp3) is 0.600. The Morgan fingerprint density at radius 1 is 1.50 bits per heavy atom. The van der Waals surface area contributed by atoms with Gasteiger partial charge in [0.05, 0.1) is 0 Å². The topological polar surface area (TPSA) is 26.0 Å². The highest BCUT2D eigenvalue weighted by Gasteiger charge is 2.17. The number of thiophene rings is 1. The predicted octanol–water partition coefficient (Wildman–Crippen LogP) is 3.18. The lowest BCUT2D eigenvalue weighted by Gasteiger charge is -2.22. The first-order valence-corrected chi connectivity index (χ1v) is 5.16. The molecule has 0 bridgehead atoms. The minimum atomic E-state index is 0.213. The molecule has 2 N–H and O–H groups in total. The molecule has 0 amide bonds. The van der Waals surface area contributed by atoms with Crippen LogP contribution in [0.25, 0.3) is 0 Å². The fourth-order valence-electron chi connectivity index (χ4n) is 1.26. The summed E-state index contributed by atoms with van der Waals surface area (Å²) in [5.41, 5.74) is 6.36. The summed E-state index contributed by atoms with van der Waals surface area (Å²) in [4.78, 5) is 1.30. The Bertz CT molecular complexity index is 220. The fourth-order valence-corrected chi connectivity index (χ4v) is 1.99. The van der Waals surface area contributed by atoms with Crippen LogP contribution >= 0.6 is 11.3 Å². The third-order valence-electron chi connectivity index (χ3n) is 1.74. The van der Waals surface area contributed by atoms with Gasteiger partial charge >= 0.3 is 0 Å². The molecular formula is C10H17NS. The zero-order valence-corrected chi connectivity index (χ0v) is 8.82. The van der Waals surface area contributed by atoms with E-state index >= 15 is 0 Å². The van der Waals surface area contributed by atoms with Crippen LogP contribution in [-0.2, 0) is 0 Å². The van der Waals surface area contributed by atoms with Gasteiger partial charge in [0, 0.05) is 10.9 Å². The number of rotatable bonds is 2. The third-order valence-corrected chi connectivity index (χ3v) is 2.75. The molecule has 12 heavy (non-hydrogen) atoms. The largest absolute Gasteiger partial charge is 0.323 e. The summed E-state index contributed by atoms with van der Waals surface area (Å²) < 4.78 is 0. The summed E-state index contributed by atoms with van der Waals surface area (Å²) in [6.07, 6.45) is 1.05. The summed E-state index contributed by atoms with van der Waals surface area (Å²) >= 11 is 1.75. The lowest BCUT2D eigenvalue weighted by Crippen LogP contribution is -2.17. The van der Waals surface area contributed by atoms with E-state index in [9.17, 15) is 0 Å². The Kier molecular flexibility index (Phi) is 2.91. The first-order valence-electron chi connectivity index (χ1n) is 4.28. The molecule has 0 saturated heterocycles. The van der Waals surface area contributed by atoms with E-state index in [0.29, 0.717) is 5.41 Å². The maximum Gasteiger partial charge on any atom is 0.0394 e. The third kappa shape index (κ3) is 2.95. The van der Waals surface area contributed by atoms with Crippen molar-refractivity contribution in [2.45, 2.75) is 33.2 Å². The van der Waals surface area contributed by atoms with E-state index in [1.807, 2.05) is 0 Å². The second-order valence-electron chi connectivity index (χ2n) is 4.39. The van der Waals surface area contributed by atoms with Gasteiger partial charge in [-0.25, -0.2) is 0 Å². The maximum atomic E-state index is 6.04. The lowest BCUT2D eigenvalue weighted by atomic mass is 9.88. The van der Waals surface area contributed by atoms with Gasteiger partial charge in [0.2, 0.25) is 0 Å². The van der Waals surface area contributed by atoms with E-state index in [1.54, 1.807) is 11.3 Å². The molecule has 0 radical (unpaired) electrons. The highest BCUT2D eigenvalue weighted by atomic mass is 32.1. The molecule has 0 unspecified atom stereocenters. The Hall–Kier alpha value is -0.340. The van der Waals surface area contributed by atoms with Crippen LogP contribution in [0.5, 0.6) is 0 Å². The Labute approximate surface area is 78.6 Å². The first-order chi connectivity index (χ1) is 5.49. The summed E-state index contributed by atoms with van der Waals surface area (Å²) in [6.45, 7) is 6.67. The highest BCUT2D eigenvalue weighted by molar-refractivity contribution is 7.10. The second kappa shape index (κ2) is 3.58. The lowest BCUT2D eigenvalue weighted by molar-refractivity contribution is 0.345. The highest BCUT2D eigenvalue weighted by Crippen LogP contribution is 2.29. The number of hydrogen-bond acceptors (Lipinski definition) is 2. The van der Waals surface area contributed by atoms with Crippen LogP contribution < -0.4 is 5.73 Å². The molecule has 68 valence electrons. The molecular weight excluding hydrogens is 166 g/mol. The minimum absolute atomic E-state index is 0.213. The molecule has 0 aliphatic rings. The molecule has 1 heterocycles. The van der Waals surface area contributed by atoms with Crippen molar-refractivity contribution >= 4 is 11.3 Å². The van der Waals surface area contributed by atoms with Crippen molar-refractivity contribution in [3.8, 4) is 0 Å². The monoisotopic (exact) mass is 183 g/mol. The molecule has 0 saturated carbocycles. The van der Waals surface area contributed by atoms with Gasteiger partial charge in [-0.05, 0) is 23.3 Å². The molecule has 0 fully saturated rings. The second-order valence-corrected chi connectivity index (χ2v) is 5.37. The Morgan fingerprint density at radius 2 is 2.17 bits per heavy atom. The van der Waals surface area contributed by atoms with E-state index < -0.39 is 0 Å². The normalized spacial score (nSPS) is 14.7. The Balaban J connectivity index is 2.56. The van der Waals surface area contributed by atoms with Crippen LogP contribution in [0.4, 0.5) is 0 Å². The minimum Gasteiger partial charge on any atom is -0.323 e. The SMILES string of the molecule is CC(C)(C)C[C@@H](N)c1cccs1. The summed E-state index contributed by atoms with van der Waals surface area (Å²) in [5, 5.41) is 2.08. The van der Waals surface area contributed by atoms with Crippen molar-refractivity contribution in [2.24, 2.45) is 11.1 Å². The quantitative estimate of drug-likeness (QED) is 0.748. The zero-order valence-electron chi connectivity index (χ0n) is 8.00. The van der Waals surface area contributed by atoms with Gasteiger partial charge in [-0.15, -0.1) is 11.3 Å². The molecule has 0 spiro atoms. The molecule has 1 nitrogen and oxygen atoms in total. The van der Waals surface area contributed by atoms with Crippen LogP contribution in [0.2, 0.25) is 0 Å². The summed E-state index contributed by atoms with van der Waals surface area (Å²) in [6, 6.07) is 4.38. The van der Waals surface area contributed by atoms with Crippen LogP contribution in [0, 0.1) is 5.41 Å². The van der Waals surface area contributed by atoms with E-state index in [1.165, 1.54) is 4.88 Å². The van der Waals surface area contributed by atoms with Crippen LogP contribution in [0.1, 0.15) is 38.1 Å². The molecule has 1 rings (SSSR count). The van der Waals surface area contributed by atoms with E-state index in [0.717, 1.165) is 6.42 Å². The van der Waals surface area contributed by atoms with Gasteiger partial charge in [0.15, 0.2) is 0 Å². The van der Waals surface area contributed by atoms with E-state index in [2.05, 4.69) is 38.3 Å². The van der Waals surface area contributed by atoms with Crippen molar-refractivity contribution in [2.75, 3.05) is 0 Å². The molecule has 0 aliphatic heterocycles. The Morgan fingerprint density at radius 3 is 2.58 bits per heavy atom. The summed E-state index contributed by atoms with van der Waals surface area (Å²) in [5.74, 6) is 0. The standard InChI is InChI=1S/C10H17NS/c1-10(2,3)7-8(11)9-5-4-6-12-9/h4-6,8H,7,11H2,1-3H3/t8-/m1/s1. The van der Waals surface area contributed by atoms with Crippen molar-refractivity contribution in [1.29, 1.82) is 0 Å². The molecule has 0 aromatic carbocycles. The van der Waals surface area contributed by atoms with Gasteiger partial charge in [0.25, 0.3) is 0 Å². The van der Waals surface area contributed by atoms with Crippen LogP contribution in [-0.4, -0.2) is 0 Å². The number of nitrogens with two attached hydrogens (primary N) is 1. The molecule has 1 aromatic rings. The summed E-state index contributed by atoms with van der Waals surface area (Å²) in [7, 11) is 0. The molecule has 0 aliphatic carbocycles. The van der Waals surface area contributed by atoms with E-state index in [4.69, 9.17) is 5.73 Å². The van der Waals surface area contributed by atoms with Crippen molar-refractivity contribution in [3.05, 3.63) is 22.4 Å². The van der Waals surface area contributed by atoms with Gasteiger partial charge in [-0.1, -0.05) is 26.8 Å². The van der Waals surface area contributed by atoms with Crippen molar-refractivity contribution in [3.63, 3.8) is 0 Å². The van der Waals surface area contributed by atoms with Gasteiger partial charge in [-0.2, -0.15) is 0 Å². The van der Waals surface area contributed by atoms with E-state index in [-0.39, 0.29) is 6.04 Å². The smallest absolute Gasteiger partial charge is 0.0394 e. The molecule has 2 heteroatoms. The number of hydrogen-bond donors (Lipinski definition) is 1. The maximum absolute atomic E-state index is 6.04. The predicted molar refractivity (Wildman–Crippen MR) is 55.3 cm³/mol. The van der Waals surface area contributed by atoms with Gasteiger partial charge in [0.1, 0.15) is 0 Å². The average molecular weight is 183 g/mol. The van der Waals surface area contributed by atoms with Crippen molar-refractivity contribution in [1.82, 2.24) is 0 Å². The zero-order chi connectivity index (χ0) is 9.19. The van der Waals surface area contributed by atoms with Gasteiger partial charge in [-0.3, -0.25) is 0 Å². The first kappa shape index (κ1) is 9.75. The average Bonchev–Trinajstić information content (AvgIpc) is 2.32. The molecule has 1 atom stereocenters. The van der Waals surface area contributed by atoms with Crippen molar-refractivity contribution < 1.29 is 0 Å². The van der Waals surface area contributed by atoms with Crippen LogP contribution in [0.15, 0.2) is 17.5 Å². The molecule has 1 aromatic heterocycles. The van der Waals surface area contributed by atoms with Gasteiger partial charge < -0.3 is 5.73 Å². The van der Waals surface area contributed by atoms with Crippen LogP contribution in [0.3, 0.4) is 0 Å².